The number of aliphatic carboxylic acids is 1. The highest BCUT2D eigenvalue weighted by Crippen LogP contribution is 2.31. The van der Waals surface area contributed by atoms with E-state index in [1.54, 1.807) is 0 Å². The lowest BCUT2D eigenvalue weighted by Crippen LogP contribution is -2.52. The third kappa shape index (κ3) is 5.07. The summed E-state index contributed by atoms with van der Waals surface area (Å²) in [4.78, 5) is 27.2. The molecule has 6 nitrogen and oxygen atoms in total. The quantitative estimate of drug-likeness (QED) is 0.777. The minimum absolute atomic E-state index is 0.0527. The average Bonchev–Trinajstić information content (AvgIpc) is 2.78. The number of hydrogen-bond acceptors (Lipinski definition) is 4. The van der Waals surface area contributed by atoms with Crippen molar-refractivity contribution in [3.8, 4) is 0 Å². The highest BCUT2D eigenvalue weighted by molar-refractivity contribution is 8.00. The molecule has 1 aliphatic heterocycles. The molecule has 122 valence electrons. The van der Waals surface area contributed by atoms with Crippen molar-refractivity contribution in [1.82, 2.24) is 15.1 Å². The van der Waals surface area contributed by atoms with E-state index in [0.717, 1.165) is 13.0 Å². The van der Waals surface area contributed by atoms with Crippen LogP contribution in [0.25, 0.3) is 0 Å². The van der Waals surface area contributed by atoms with Crippen LogP contribution in [0.2, 0.25) is 0 Å². The van der Waals surface area contributed by atoms with Gasteiger partial charge in [-0.25, -0.2) is 9.59 Å². The minimum atomic E-state index is -0.929. The van der Waals surface area contributed by atoms with E-state index in [9.17, 15) is 14.7 Å². The first kappa shape index (κ1) is 18.1. The molecular weight excluding hydrogens is 290 g/mol. The lowest BCUT2D eigenvalue weighted by atomic mass is 9.93. The number of amides is 2. The fourth-order valence-corrected chi connectivity index (χ4v) is 4.01. The van der Waals surface area contributed by atoms with Crippen LogP contribution in [0, 0.1) is 5.41 Å². The summed E-state index contributed by atoms with van der Waals surface area (Å²) in [5.41, 5.74) is -0.0630. The lowest BCUT2D eigenvalue weighted by molar-refractivity contribution is -0.141. The predicted molar refractivity (Wildman–Crippen MR) is 85.5 cm³/mol. The number of carbonyl (C=O) groups is 2. The van der Waals surface area contributed by atoms with Crippen molar-refractivity contribution in [2.75, 3.05) is 32.9 Å². The topological polar surface area (TPSA) is 72.9 Å². The number of carbonyl (C=O) groups excluding carboxylic acids is 1. The standard InChI is InChI=1S/C14H27N3O3S/c1-6-11-17(10(7-21-11)12(18)19)13(20)15-8-14(2,3)9-16(4)5/h10-11H,6-9H2,1-5H3,(H,15,20)(H,18,19). The van der Waals surface area contributed by atoms with Gasteiger partial charge in [0.15, 0.2) is 0 Å². The van der Waals surface area contributed by atoms with Crippen LogP contribution in [0.4, 0.5) is 4.79 Å². The van der Waals surface area contributed by atoms with Gasteiger partial charge >= 0.3 is 12.0 Å². The van der Waals surface area contributed by atoms with Crippen LogP contribution in [0.3, 0.4) is 0 Å². The highest BCUT2D eigenvalue weighted by Gasteiger charge is 2.41. The molecule has 7 heteroatoms. The number of carboxylic acid groups (broad SMARTS) is 1. The first-order valence-electron chi connectivity index (χ1n) is 7.23. The van der Waals surface area contributed by atoms with Crippen LogP contribution in [-0.4, -0.2) is 71.3 Å². The van der Waals surface area contributed by atoms with Crippen molar-refractivity contribution in [1.29, 1.82) is 0 Å². The summed E-state index contributed by atoms with van der Waals surface area (Å²) in [7, 11) is 3.99. The molecule has 0 radical (unpaired) electrons. The molecule has 0 bridgehead atoms. The molecule has 1 heterocycles. The Morgan fingerprint density at radius 2 is 2.05 bits per heavy atom. The molecule has 2 atom stereocenters. The molecule has 0 saturated carbocycles. The van der Waals surface area contributed by atoms with Gasteiger partial charge in [-0.1, -0.05) is 20.8 Å². The predicted octanol–water partition coefficient (Wildman–Crippen LogP) is 1.52. The lowest BCUT2D eigenvalue weighted by Gasteiger charge is -2.31. The van der Waals surface area contributed by atoms with Crippen molar-refractivity contribution >= 4 is 23.8 Å². The van der Waals surface area contributed by atoms with Gasteiger partial charge in [-0.2, -0.15) is 0 Å². The van der Waals surface area contributed by atoms with Crippen molar-refractivity contribution in [2.24, 2.45) is 5.41 Å². The van der Waals surface area contributed by atoms with E-state index in [1.807, 2.05) is 21.0 Å². The Kier molecular flexibility index (Phi) is 6.34. The second-order valence-corrected chi connectivity index (χ2v) is 7.73. The van der Waals surface area contributed by atoms with Crippen molar-refractivity contribution in [2.45, 2.75) is 38.6 Å². The number of nitrogens with one attached hydrogen (secondary N) is 1. The van der Waals surface area contributed by atoms with E-state index in [4.69, 9.17) is 0 Å². The van der Waals surface area contributed by atoms with Gasteiger partial charge in [0, 0.05) is 18.8 Å². The molecule has 2 unspecified atom stereocenters. The molecular formula is C14H27N3O3S. The number of thioether (sulfide) groups is 1. The first-order valence-corrected chi connectivity index (χ1v) is 8.28. The maximum Gasteiger partial charge on any atom is 0.327 e. The molecule has 1 aliphatic rings. The second-order valence-electron chi connectivity index (χ2n) is 6.52. The van der Waals surface area contributed by atoms with Crippen LogP contribution in [-0.2, 0) is 4.79 Å². The van der Waals surface area contributed by atoms with E-state index in [0.29, 0.717) is 12.3 Å². The monoisotopic (exact) mass is 317 g/mol. The molecule has 0 aliphatic carbocycles. The molecule has 0 aromatic rings. The third-order valence-corrected chi connectivity index (χ3v) is 4.88. The molecule has 1 fully saturated rings. The van der Waals surface area contributed by atoms with E-state index >= 15 is 0 Å². The fourth-order valence-electron chi connectivity index (χ4n) is 2.66. The van der Waals surface area contributed by atoms with E-state index in [-0.39, 0.29) is 16.8 Å². The van der Waals surface area contributed by atoms with Gasteiger partial charge in [-0.05, 0) is 25.9 Å². The normalized spacial score (nSPS) is 22.7. The number of nitrogens with zero attached hydrogens (tertiary/aromatic N) is 2. The van der Waals surface area contributed by atoms with Crippen molar-refractivity contribution in [3.05, 3.63) is 0 Å². The second kappa shape index (κ2) is 7.35. The third-order valence-electron chi connectivity index (χ3n) is 3.42. The largest absolute Gasteiger partial charge is 0.480 e. The fraction of sp³-hybridized carbons (Fsp3) is 0.857. The molecule has 0 aromatic carbocycles. The van der Waals surface area contributed by atoms with Crippen LogP contribution in [0.5, 0.6) is 0 Å². The van der Waals surface area contributed by atoms with Gasteiger partial charge < -0.3 is 15.3 Å². The van der Waals surface area contributed by atoms with Gasteiger partial charge in [0.1, 0.15) is 6.04 Å². The summed E-state index contributed by atoms with van der Waals surface area (Å²) >= 11 is 1.54. The maximum absolute atomic E-state index is 12.4. The number of hydrogen-bond donors (Lipinski definition) is 2. The molecule has 0 spiro atoms. The van der Waals surface area contributed by atoms with Crippen molar-refractivity contribution in [3.63, 3.8) is 0 Å². The molecule has 2 N–H and O–H groups in total. The Hall–Kier alpha value is -0.950. The summed E-state index contributed by atoms with van der Waals surface area (Å²) in [5.74, 6) is -0.469. The van der Waals surface area contributed by atoms with Gasteiger partial charge in [0.2, 0.25) is 0 Å². The van der Waals surface area contributed by atoms with E-state index < -0.39 is 12.0 Å². The summed E-state index contributed by atoms with van der Waals surface area (Å²) in [6.07, 6.45) is 0.753. The Morgan fingerprint density at radius 3 is 2.52 bits per heavy atom. The van der Waals surface area contributed by atoms with Gasteiger partial charge in [-0.15, -0.1) is 11.8 Å². The zero-order chi connectivity index (χ0) is 16.2. The maximum atomic E-state index is 12.4. The first-order chi connectivity index (χ1) is 9.68. The zero-order valence-corrected chi connectivity index (χ0v) is 14.4. The minimum Gasteiger partial charge on any atom is -0.480 e. The number of urea groups is 1. The number of carboxylic acids is 1. The van der Waals surface area contributed by atoms with Gasteiger partial charge in [-0.3, -0.25) is 4.90 Å². The molecule has 1 saturated heterocycles. The Balaban J connectivity index is 2.66. The summed E-state index contributed by atoms with van der Waals surface area (Å²) < 4.78 is 0. The Labute approximate surface area is 131 Å². The van der Waals surface area contributed by atoms with Gasteiger partial charge in [0.05, 0.1) is 5.37 Å². The molecule has 21 heavy (non-hydrogen) atoms. The van der Waals surface area contributed by atoms with Crippen LogP contribution in [0.15, 0.2) is 0 Å². The van der Waals surface area contributed by atoms with Crippen LogP contribution >= 0.6 is 11.8 Å². The summed E-state index contributed by atoms with van der Waals surface area (Å²) in [6.45, 7) is 7.50. The van der Waals surface area contributed by atoms with Crippen LogP contribution in [0.1, 0.15) is 27.2 Å². The van der Waals surface area contributed by atoms with E-state index in [1.165, 1.54) is 16.7 Å². The van der Waals surface area contributed by atoms with Crippen molar-refractivity contribution < 1.29 is 14.7 Å². The Morgan fingerprint density at radius 1 is 1.43 bits per heavy atom. The summed E-state index contributed by atoms with van der Waals surface area (Å²) in [5, 5.41) is 12.1. The Bertz CT molecular complexity index is 388. The average molecular weight is 317 g/mol. The SMILES string of the molecule is CCC1SCC(C(=O)O)N1C(=O)NCC(C)(C)CN(C)C. The number of rotatable bonds is 6. The smallest absolute Gasteiger partial charge is 0.327 e. The molecule has 2 amide bonds. The summed E-state index contributed by atoms with van der Waals surface area (Å²) in [6, 6.07) is -0.997. The van der Waals surface area contributed by atoms with Gasteiger partial charge in [0.25, 0.3) is 0 Å². The van der Waals surface area contributed by atoms with E-state index in [2.05, 4.69) is 24.1 Å². The van der Waals surface area contributed by atoms with Crippen LogP contribution < -0.4 is 5.32 Å². The highest BCUT2D eigenvalue weighted by atomic mass is 32.2. The molecule has 1 rings (SSSR count). The zero-order valence-electron chi connectivity index (χ0n) is 13.5. The molecule has 0 aromatic heterocycles.